The van der Waals surface area contributed by atoms with E-state index in [1.54, 1.807) is 23.6 Å². The lowest BCUT2D eigenvalue weighted by Crippen LogP contribution is -2.17. The Balaban J connectivity index is 2.21. The number of halogens is 1. The van der Waals surface area contributed by atoms with Gasteiger partial charge >= 0.3 is 11.9 Å². The Hall–Kier alpha value is -2.03. The van der Waals surface area contributed by atoms with Gasteiger partial charge in [-0.25, -0.2) is 4.79 Å². The Morgan fingerprint density at radius 1 is 1.12 bits per heavy atom. The van der Waals surface area contributed by atoms with Crippen LogP contribution >= 0.6 is 34.7 Å². The number of hydrogen-bond acceptors (Lipinski definition) is 7. The Morgan fingerprint density at radius 3 is 2.50 bits per heavy atom. The molecule has 2 aromatic rings. The summed E-state index contributed by atoms with van der Waals surface area (Å²) in [4.78, 5) is 35.4. The van der Waals surface area contributed by atoms with E-state index in [4.69, 9.17) is 16.3 Å². The van der Waals surface area contributed by atoms with Gasteiger partial charge in [0.15, 0.2) is 0 Å². The molecule has 0 fully saturated rings. The van der Waals surface area contributed by atoms with Gasteiger partial charge in [-0.2, -0.15) is 0 Å². The van der Waals surface area contributed by atoms with Crippen molar-refractivity contribution in [2.75, 3.05) is 31.0 Å². The molecule has 1 aromatic carbocycles. The number of benzene rings is 1. The third-order valence-corrected chi connectivity index (χ3v) is 5.41. The minimum atomic E-state index is -0.571. The van der Waals surface area contributed by atoms with Gasteiger partial charge in [0.05, 0.1) is 25.7 Å². The molecular weight excluding hydrogens is 398 g/mol. The van der Waals surface area contributed by atoms with E-state index in [9.17, 15) is 14.4 Å². The zero-order valence-electron chi connectivity index (χ0n) is 14.0. The maximum absolute atomic E-state index is 12.2. The molecular formula is C17H16ClNO5S2. The molecule has 0 saturated heterocycles. The maximum atomic E-state index is 12.2. The summed E-state index contributed by atoms with van der Waals surface area (Å²) >= 11 is 8.55. The van der Waals surface area contributed by atoms with Crippen molar-refractivity contribution in [2.24, 2.45) is 0 Å². The van der Waals surface area contributed by atoms with Crippen LogP contribution in [-0.4, -0.2) is 43.6 Å². The predicted molar refractivity (Wildman–Crippen MR) is 104 cm³/mol. The lowest BCUT2D eigenvalue weighted by Gasteiger charge is -2.08. The number of anilines is 1. The second-order valence-electron chi connectivity index (χ2n) is 4.94. The van der Waals surface area contributed by atoms with Crippen LogP contribution in [0.15, 0.2) is 29.6 Å². The van der Waals surface area contributed by atoms with E-state index in [-0.39, 0.29) is 23.0 Å². The fraction of sp³-hybridized carbons (Fsp3) is 0.235. The summed E-state index contributed by atoms with van der Waals surface area (Å²) in [7, 11) is 2.56. The number of hydrogen-bond donors (Lipinski definition) is 1. The van der Waals surface area contributed by atoms with Crippen LogP contribution in [0.25, 0.3) is 11.1 Å². The zero-order valence-corrected chi connectivity index (χ0v) is 16.4. The van der Waals surface area contributed by atoms with Gasteiger partial charge in [-0.05, 0) is 6.07 Å². The summed E-state index contributed by atoms with van der Waals surface area (Å²) in [6.07, 6.45) is 0. The summed E-state index contributed by atoms with van der Waals surface area (Å²) < 4.78 is 9.37. The highest BCUT2D eigenvalue weighted by Gasteiger charge is 2.23. The number of esters is 2. The van der Waals surface area contributed by atoms with Crippen LogP contribution in [0.3, 0.4) is 0 Å². The number of thioether (sulfide) groups is 1. The van der Waals surface area contributed by atoms with Crippen molar-refractivity contribution in [3.8, 4) is 11.1 Å². The maximum Gasteiger partial charge on any atom is 0.341 e. The summed E-state index contributed by atoms with van der Waals surface area (Å²) in [5.41, 5.74) is 1.51. The van der Waals surface area contributed by atoms with Crippen LogP contribution in [0.5, 0.6) is 0 Å². The average Bonchev–Trinajstić information content (AvgIpc) is 3.04. The van der Waals surface area contributed by atoms with E-state index in [0.717, 1.165) is 11.8 Å². The first kappa shape index (κ1) is 20.3. The fourth-order valence-electron chi connectivity index (χ4n) is 2.08. The van der Waals surface area contributed by atoms with E-state index in [2.05, 4.69) is 10.1 Å². The van der Waals surface area contributed by atoms with Crippen molar-refractivity contribution in [1.82, 2.24) is 0 Å². The molecule has 0 aliphatic carbocycles. The number of thiophene rings is 1. The molecule has 1 aromatic heterocycles. The molecule has 26 heavy (non-hydrogen) atoms. The monoisotopic (exact) mass is 413 g/mol. The molecule has 0 aliphatic rings. The molecule has 0 saturated carbocycles. The number of nitrogens with one attached hydrogen (secondary N) is 1. The molecule has 1 amide bonds. The molecule has 0 aliphatic heterocycles. The van der Waals surface area contributed by atoms with Crippen molar-refractivity contribution in [3.63, 3.8) is 0 Å². The summed E-state index contributed by atoms with van der Waals surface area (Å²) in [6, 6.07) is 7.10. The highest BCUT2D eigenvalue weighted by atomic mass is 35.5. The normalized spacial score (nSPS) is 10.3. The average molecular weight is 414 g/mol. The number of methoxy groups -OCH3 is 2. The summed E-state index contributed by atoms with van der Waals surface area (Å²) in [5, 5.41) is 5.29. The van der Waals surface area contributed by atoms with Gasteiger partial charge in [-0.15, -0.1) is 23.1 Å². The first-order valence-corrected chi connectivity index (χ1v) is 9.78. The summed E-state index contributed by atoms with van der Waals surface area (Å²) in [5.74, 6) is -1.19. The topological polar surface area (TPSA) is 81.7 Å². The van der Waals surface area contributed by atoms with E-state index in [1.165, 1.54) is 25.6 Å². The lowest BCUT2D eigenvalue weighted by molar-refractivity contribution is -0.137. The Labute approximate surface area is 163 Å². The van der Waals surface area contributed by atoms with Crippen molar-refractivity contribution >= 4 is 57.5 Å². The van der Waals surface area contributed by atoms with Crippen molar-refractivity contribution in [3.05, 3.63) is 40.2 Å². The molecule has 0 spiro atoms. The minimum Gasteiger partial charge on any atom is -0.468 e. The Morgan fingerprint density at radius 2 is 1.85 bits per heavy atom. The number of amides is 1. The third kappa shape index (κ3) is 5.00. The van der Waals surface area contributed by atoms with Crippen LogP contribution < -0.4 is 5.32 Å². The number of carbonyl (C=O) groups is 3. The van der Waals surface area contributed by atoms with Gasteiger partial charge in [-0.3, -0.25) is 9.59 Å². The van der Waals surface area contributed by atoms with Crippen LogP contribution in [-0.2, 0) is 19.1 Å². The fourth-order valence-corrected chi connectivity index (χ4v) is 3.93. The largest absolute Gasteiger partial charge is 0.468 e. The number of rotatable bonds is 7. The van der Waals surface area contributed by atoms with E-state index in [0.29, 0.717) is 21.2 Å². The van der Waals surface area contributed by atoms with Crippen molar-refractivity contribution < 1.29 is 23.9 Å². The van der Waals surface area contributed by atoms with Crippen molar-refractivity contribution in [2.45, 2.75) is 0 Å². The molecule has 1 heterocycles. The Kier molecular flexibility index (Phi) is 7.50. The zero-order chi connectivity index (χ0) is 19.1. The molecule has 0 atom stereocenters. The second kappa shape index (κ2) is 9.61. The SMILES string of the molecule is COC(=O)CSCC(=O)Nc1scc(-c2ccccc2Cl)c1C(=O)OC. The highest BCUT2D eigenvalue weighted by molar-refractivity contribution is 8.00. The van der Waals surface area contributed by atoms with Crippen LogP contribution in [0.1, 0.15) is 10.4 Å². The Bertz CT molecular complexity index is 821. The standard InChI is InChI=1S/C17H16ClNO5S2/c1-23-14(21)9-25-8-13(20)19-16-15(17(22)24-2)11(7-26-16)10-5-3-4-6-12(10)18/h3-7H,8-9H2,1-2H3,(H,19,20). The lowest BCUT2D eigenvalue weighted by atomic mass is 10.0. The molecule has 0 unspecified atom stereocenters. The van der Waals surface area contributed by atoms with Gasteiger partial charge in [0.2, 0.25) is 5.91 Å². The number of carbonyl (C=O) groups excluding carboxylic acids is 3. The summed E-state index contributed by atoms with van der Waals surface area (Å²) in [6.45, 7) is 0. The van der Waals surface area contributed by atoms with Gasteiger partial charge < -0.3 is 14.8 Å². The van der Waals surface area contributed by atoms with Gasteiger partial charge in [0.25, 0.3) is 0 Å². The third-order valence-electron chi connectivity index (χ3n) is 3.28. The predicted octanol–water partition coefficient (Wildman–Crippen LogP) is 3.70. The molecule has 0 bridgehead atoms. The molecule has 2 rings (SSSR count). The van der Waals surface area contributed by atoms with Crippen LogP contribution in [0.4, 0.5) is 5.00 Å². The highest BCUT2D eigenvalue weighted by Crippen LogP contribution is 2.39. The smallest absolute Gasteiger partial charge is 0.341 e. The molecule has 0 radical (unpaired) electrons. The second-order valence-corrected chi connectivity index (χ2v) is 7.21. The molecule has 9 heteroatoms. The molecule has 138 valence electrons. The van der Waals surface area contributed by atoms with Crippen molar-refractivity contribution in [1.29, 1.82) is 0 Å². The van der Waals surface area contributed by atoms with Crippen LogP contribution in [0.2, 0.25) is 5.02 Å². The van der Waals surface area contributed by atoms with Gasteiger partial charge in [-0.1, -0.05) is 29.8 Å². The molecule has 6 nitrogen and oxygen atoms in total. The number of ether oxygens (including phenoxy) is 2. The first-order chi connectivity index (χ1) is 12.5. The van der Waals surface area contributed by atoms with Gasteiger partial charge in [0.1, 0.15) is 10.6 Å². The first-order valence-electron chi connectivity index (χ1n) is 7.37. The minimum absolute atomic E-state index is 0.0506. The van der Waals surface area contributed by atoms with E-state index < -0.39 is 11.9 Å². The van der Waals surface area contributed by atoms with E-state index >= 15 is 0 Å². The van der Waals surface area contributed by atoms with Gasteiger partial charge in [0, 0.05) is 21.5 Å². The quantitative estimate of drug-likeness (QED) is 0.697. The van der Waals surface area contributed by atoms with Crippen LogP contribution in [0, 0.1) is 0 Å². The van der Waals surface area contributed by atoms with E-state index in [1.807, 2.05) is 6.07 Å². The molecule has 1 N–H and O–H groups in total.